The zero-order valence-electron chi connectivity index (χ0n) is 18.2. The molecule has 3 N–H and O–H groups in total. The molecule has 0 bridgehead atoms. The highest BCUT2D eigenvalue weighted by molar-refractivity contribution is 5.97. The molecule has 3 rings (SSSR count). The molecule has 0 aromatic carbocycles. The standard InChI is InChI=1S/C21H21F5N4O4/c1-9-14(11-4-5-12(16(22)23)30-19(11)33-3)15(34-20(9,2)21(24,25)26)18(32)29-10-6-7-28-13(8-10)17(27)31/h4-9,14-16H,1-3H3,(H2,27,31)(H,28,29,32)/t9-,14+,15+,20+/m0/s1. The Morgan fingerprint density at radius 3 is 2.50 bits per heavy atom. The fourth-order valence-electron chi connectivity index (χ4n) is 3.88. The van der Waals surface area contributed by atoms with Crippen molar-refractivity contribution in [1.82, 2.24) is 9.97 Å². The van der Waals surface area contributed by atoms with Crippen LogP contribution in [0.25, 0.3) is 0 Å². The van der Waals surface area contributed by atoms with Crippen LogP contribution in [0.5, 0.6) is 5.88 Å². The summed E-state index contributed by atoms with van der Waals surface area (Å²) in [5.41, 5.74) is 1.65. The Morgan fingerprint density at radius 2 is 1.94 bits per heavy atom. The maximum Gasteiger partial charge on any atom is 0.417 e. The van der Waals surface area contributed by atoms with Crippen LogP contribution < -0.4 is 15.8 Å². The lowest BCUT2D eigenvalue weighted by Crippen LogP contribution is -2.47. The molecule has 1 fully saturated rings. The number of methoxy groups -OCH3 is 1. The van der Waals surface area contributed by atoms with E-state index in [-0.39, 0.29) is 22.8 Å². The van der Waals surface area contributed by atoms with Crippen LogP contribution in [0.3, 0.4) is 0 Å². The predicted molar refractivity (Wildman–Crippen MR) is 108 cm³/mol. The monoisotopic (exact) mass is 488 g/mol. The Kier molecular flexibility index (Phi) is 6.78. The van der Waals surface area contributed by atoms with E-state index in [1.54, 1.807) is 0 Å². The van der Waals surface area contributed by atoms with Gasteiger partial charge in [-0.2, -0.15) is 13.2 Å². The largest absolute Gasteiger partial charge is 0.481 e. The molecule has 1 aliphatic heterocycles. The average molecular weight is 488 g/mol. The van der Waals surface area contributed by atoms with Crippen molar-refractivity contribution < 1.29 is 41.0 Å². The van der Waals surface area contributed by atoms with Gasteiger partial charge in [-0.3, -0.25) is 14.6 Å². The normalized spacial score (nSPS) is 24.8. The minimum absolute atomic E-state index is 0.0000725. The molecule has 2 aromatic rings. The highest BCUT2D eigenvalue weighted by Gasteiger charge is 2.65. The van der Waals surface area contributed by atoms with Crippen molar-refractivity contribution in [3.8, 4) is 5.88 Å². The molecule has 184 valence electrons. The number of hydrogen-bond donors (Lipinski definition) is 2. The summed E-state index contributed by atoms with van der Waals surface area (Å²) >= 11 is 0. The number of aromatic nitrogens is 2. The van der Waals surface area contributed by atoms with Crippen LogP contribution in [-0.2, 0) is 9.53 Å². The lowest BCUT2D eigenvalue weighted by molar-refractivity contribution is -0.272. The Balaban J connectivity index is 2.05. The zero-order chi connectivity index (χ0) is 25.4. The van der Waals surface area contributed by atoms with Crippen LogP contribution in [0.2, 0.25) is 0 Å². The van der Waals surface area contributed by atoms with E-state index in [9.17, 15) is 31.5 Å². The molecule has 0 radical (unpaired) electrons. The smallest absolute Gasteiger partial charge is 0.417 e. The lowest BCUT2D eigenvalue weighted by Gasteiger charge is -2.31. The van der Waals surface area contributed by atoms with Gasteiger partial charge in [0.2, 0.25) is 5.88 Å². The van der Waals surface area contributed by atoms with E-state index in [4.69, 9.17) is 15.2 Å². The second-order valence-electron chi connectivity index (χ2n) is 7.88. The van der Waals surface area contributed by atoms with Gasteiger partial charge in [-0.05, 0) is 25.1 Å². The molecule has 0 saturated carbocycles. The fraction of sp³-hybridized carbons (Fsp3) is 0.429. The topological polar surface area (TPSA) is 116 Å². The molecule has 0 spiro atoms. The molecule has 2 aromatic heterocycles. The van der Waals surface area contributed by atoms with E-state index >= 15 is 0 Å². The second kappa shape index (κ2) is 9.12. The SMILES string of the molecule is COc1nc(C(F)F)ccc1[C@@H]1[C@H](C(=O)Nc2ccnc(C(N)=O)c2)O[C@@](C)(C(F)(F)F)[C@H]1C. The summed E-state index contributed by atoms with van der Waals surface area (Å²) in [7, 11) is 1.13. The first kappa shape index (κ1) is 25.3. The van der Waals surface area contributed by atoms with Crippen molar-refractivity contribution in [2.24, 2.45) is 11.7 Å². The van der Waals surface area contributed by atoms with Gasteiger partial charge in [0, 0.05) is 29.3 Å². The van der Waals surface area contributed by atoms with Crippen LogP contribution in [0, 0.1) is 5.92 Å². The molecule has 1 aliphatic rings. The number of nitrogens with two attached hydrogens (primary N) is 1. The van der Waals surface area contributed by atoms with Crippen molar-refractivity contribution in [3.63, 3.8) is 0 Å². The number of carbonyl (C=O) groups excluding carboxylic acids is 2. The molecular weight excluding hydrogens is 467 g/mol. The first-order chi connectivity index (χ1) is 15.8. The first-order valence-corrected chi connectivity index (χ1v) is 9.94. The number of carbonyl (C=O) groups is 2. The Hall–Kier alpha value is -3.35. The number of alkyl halides is 5. The third kappa shape index (κ3) is 4.52. The van der Waals surface area contributed by atoms with Gasteiger partial charge in [0.1, 0.15) is 17.5 Å². The quantitative estimate of drug-likeness (QED) is 0.601. The summed E-state index contributed by atoms with van der Waals surface area (Å²) in [6.07, 6.45) is -8.33. The third-order valence-electron chi connectivity index (χ3n) is 5.89. The molecule has 8 nitrogen and oxygen atoms in total. The molecule has 1 saturated heterocycles. The Labute approximate surface area is 190 Å². The van der Waals surface area contributed by atoms with E-state index in [0.717, 1.165) is 32.2 Å². The molecular formula is C21H21F5N4O4. The van der Waals surface area contributed by atoms with Gasteiger partial charge in [-0.25, -0.2) is 13.8 Å². The Morgan fingerprint density at radius 1 is 1.26 bits per heavy atom. The van der Waals surface area contributed by atoms with Gasteiger partial charge in [-0.15, -0.1) is 0 Å². The number of hydrogen-bond acceptors (Lipinski definition) is 6. The maximum atomic E-state index is 14.0. The van der Waals surface area contributed by atoms with E-state index in [1.165, 1.54) is 19.2 Å². The summed E-state index contributed by atoms with van der Waals surface area (Å²) < 4.78 is 78.5. The molecule has 34 heavy (non-hydrogen) atoms. The van der Waals surface area contributed by atoms with E-state index in [1.807, 2.05) is 0 Å². The minimum Gasteiger partial charge on any atom is -0.481 e. The zero-order valence-corrected chi connectivity index (χ0v) is 18.2. The number of primary amides is 1. The van der Waals surface area contributed by atoms with Crippen molar-refractivity contribution in [2.45, 2.75) is 44.1 Å². The summed E-state index contributed by atoms with van der Waals surface area (Å²) in [5, 5.41) is 2.40. The number of rotatable bonds is 6. The van der Waals surface area contributed by atoms with Crippen LogP contribution in [0.1, 0.15) is 47.9 Å². The fourth-order valence-corrected chi connectivity index (χ4v) is 3.88. The highest BCUT2D eigenvalue weighted by atomic mass is 19.4. The summed E-state index contributed by atoms with van der Waals surface area (Å²) in [4.78, 5) is 31.8. The van der Waals surface area contributed by atoms with Gasteiger partial charge in [0.05, 0.1) is 7.11 Å². The van der Waals surface area contributed by atoms with Gasteiger partial charge >= 0.3 is 6.18 Å². The number of pyridine rings is 2. The van der Waals surface area contributed by atoms with Crippen LogP contribution in [-0.4, -0.2) is 46.8 Å². The van der Waals surface area contributed by atoms with Crippen molar-refractivity contribution >= 4 is 17.5 Å². The van der Waals surface area contributed by atoms with Crippen molar-refractivity contribution in [1.29, 1.82) is 0 Å². The maximum absolute atomic E-state index is 14.0. The highest BCUT2D eigenvalue weighted by Crippen LogP contribution is 2.54. The number of nitrogens with one attached hydrogen (secondary N) is 1. The minimum atomic E-state index is -4.86. The van der Waals surface area contributed by atoms with Crippen LogP contribution in [0.15, 0.2) is 30.5 Å². The van der Waals surface area contributed by atoms with E-state index in [0.29, 0.717) is 0 Å². The summed E-state index contributed by atoms with van der Waals surface area (Å²) in [6, 6.07) is 4.56. The van der Waals surface area contributed by atoms with Gasteiger partial charge in [0.15, 0.2) is 5.60 Å². The molecule has 0 aliphatic carbocycles. The van der Waals surface area contributed by atoms with Crippen molar-refractivity contribution in [2.75, 3.05) is 12.4 Å². The number of ether oxygens (including phenoxy) is 2. The van der Waals surface area contributed by atoms with Gasteiger partial charge < -0.3 is 20.5 Å². The van der Waals surface area contributed by atoms with Gasteiger partial charge in [0.25, 0.3) is 18.2 Å². The average Bonchev–Trinajstić information content (AvgIpc) is 3.05. The Bertz CT molecular complexity index is 1100. The second-order valence-corrected chi connectivity index (χ2v) is 7.88. The first-order valence-electron chi connectivity index (χ1n) is 9.94. The number of anilines is 1. The van der Waals surface area contributed by atoms with E-state index < -0.39 is 53.7 Å². The van der Waals surface area contributed by atoms with E-state index in [2.05, 4.69) is 15.3 Å². The number of amides is 2. The molecule has 4 atom stereocenters. The molecule has 13 heteroatoms. The number of nitrogens with zero attached hydrogens (tertiary/aromatic N) is 2. The van der Waals surface area contributed by atoms with Crippen LogP contribution in [0.4, 0.5) is 27.6 Å². The molecule has 2 amide bonds. The van der Waals surface area contributed by atoms with Gasteiger partial charge in [-0.1, -0.05) is 13.0 Å². The van der Waals surface area contributed by atoms with Crippen molar-refractivity contribution in [3.05, 3.63) is 47.4 Å². The summed E-state index contributed by atoms with van der Waals surface area (Å²) in [5.74, 6) is -4.79. The number of halogens is 5. The third-order valence-corrected chi connectivity index (χ3v) is 5.89. The lowest BCUT2D eigenvalue weighted by atomic mass is 9.77. The summed E-state index contributed by atoms with van der Waals surface area (Å²) in [6.45, 7) is 2.05. The molecule has 3 heterocycles. The molecule has 0 unspecified atom stereocenters. The van der Waals surface area contributed by atoms with Crippen LogP contribution >= 0.6 is 0 Å². The predicted octanol–water partition coefficient (Wildman–Crippen LogP) is 3.60.